The minimum absolute atomic E-state index is 0.0962. The molecule has 0 fully saturated rings. The van der Waals surface area contributed by atoms with Crippen LogP contribution < -0.4 is 10.6 Å². The number of rotatable bonds is 4. The number of carbonyl (C=O) groups excluding carboxylic acids is 1. The molecule has 3 nitrogen and oxygen atoms in total. The van der Waals surface area contributed by atoms with E-state index in [2.05, 4.69) is 16.9 Å². The van der Waals surface area contributed by atoms with Gasteiger partial charge in [0, 0.05) is 13.6 Å². The second kappa shape index (κ2) is 6.74. The van der Waals surface area contributed by atoms with Crippen LogP contribution in [-0.2, 0) is 0 Å². The van der Waals surface area contributed by atoms with Gasteiger partial charge < -0.3 is 10.6 Å². The number of hydrogen-bond donors (Lipinski definition) is 2. The summed E-state index contributed by atoms with van der Waals surface area (Å²) in [5.74, 6) is 1.10. The molecule has 60 valence electrons. The first kappa shape index (κ1) is 9.62. The van der Waals surface area contributed by atoms with E-state index in [0.29, 0.717) is 0 Å². The molecule has 4 heteroatoms. The van der Waals surface area contributed by atoms with Gasteiger partial charge in [-0.25, -0.2) is 4.79 Å². The highest BCUT2D eigenvalue weighted by Gasteiger charge is 1.92. The summed E-state index contributed by atoms with van der Waals surface area (Å²) >= 11 is 1.79. The summed E-state index contributed by atoms with van der Waals surface area (Å²) in [7, 11) is 1.61. The van der Waals surface area contributed by atoms with Gasteiger partial charge in [0.2, 0.25) is 0 Å². The van der Waals surface area contributed by atoms with Crippen molar-refractivity contribution in [2.45, 2.75) is 6.42 Å². The number of thioether (sulfide) groups is 1. The second-order valence-electron chi connectivity index (χ2n) is 1.85. The Balaban J connectivity index is 2.96. The summed E-state index contributed by atoms with van der Waals surface area (Å²) in [6.07, 6.45) is 3.09. The molecule has 0 radical (unpaired) electrons. The maximum atomic E-state index is 10.5. The van der Waals surface area contributed by atoms with Crippen molar-refractivity contribution in [1.29, 1.82) is 0 Å². The van der Waals surface area contributed by atoms with Gasteiger partial charge in [0.25, 0.3) is 0 Å². The van der Waals surface area contributed by atoms with Gasteiger partial charge in [0.1, 0.15) is 0 Å². The van der Waals surface area contributed by atoms with Crippen LogP contribution in [0.2, 0.25) is 0 Å². The number of carbonyl (C=O) groups is 1. The molecule has 2 N–H and O–H groups in total. The highest BCUT2D eigenvalue weighted by molar-refractivity contribution is 7.98. The summed E-state index contributed by atoms with van der Waals surface area (Å²) in [6.45, 7) is 0.764. The summed E-state index contributed by atoms with van der Waals surface area (Å²) in [4.78, 5) is 10.5. The maximum Gasteiger partial charge on any atom is 0.314 e. The van der Waals surface area contributed by atoms with Crippen LogP contribution in [-0.4, -0.2) is 31.6 Å². The molecule has 0 aliphatic heterocycles. The minimum Gasteiger partial charge on any atom is -0.341 e. The first-order valence-electron chi connectivity index (χ1n) is 3.25. The van der Waals surface area contributed by atoms with Crippen LogP contribution >= 0.6 is 11.8 Å². The highest BCUT2D eigenvalue weighted by atomic mass is 32.2. The van der Waals surface area contributed by atoms with E-state index in [9.17, 15) is 4.79 Å². The fraction of sp³-hybridized carbons (Fsp3) is 0.833. The van der Waals surface area contributed by atoms with Gasteiger partial charge in [-0.2, -0.15) is 11.8 Å². The van der Waals surface area contributed by atoms with Crippen molar-refractivity contribution in [1.82, 2.24) is 10.6 Å². The fourth-order valence-electron chi connectivity index (χ4n) is 0.507. The molecule has 0 aliphatic rings. The average molecular weight is 162 g/mol. The zero-order chi connectivity index (χ0) is 7.82. The standard InChI is InChI=1S/C6H14N2OS/c1-7-6(9)8-4-3-5-10-2/h3-5H2,1-2H3,(H2,7,8,9). The first-order valence-corrected chi connectivity index (χ1v) is 4.65. The van der Waals surface area contributed by atoms with Crippen LogP contribution in [0.4, 0.5) is 4.79 Å². The Morgan fingerprint density at radius 2 is 2.30 bits per heavy atom. The third-order valence-corrected chi connectivity index (χ3v) is 1.73. The van der Waals surface area contributed by atoms with Crippen LogP contribution in [0.15, 0.2) is 0 Å². The lowest BCUT2D eigenvalue weighted by Crippen LogP contribution is -2.33. The molecule has 0 bridgehead atoms. The molecule has 0 aliphatic carbocycles. The molecule has 0 atom stereocenters. The van der Waals surface area contributed by atoms with E-state index < -0.39 is 0 Å². The molecule has 10 heavy (non-hydrogen) atoms. The normalized spacial score (nSPS) is 9.00. The van der Waals surface area contributed by atoms with Crippen molar-refractivity contribution in [3.05, 3.63) is 0 Å². The van der Waals surface area contributed by atoms with Crippen molar-refractivity contribution in [2.75, 3.05) is 25.6 Å². The molecule has 0 rings (SSSR count). The van der Waals surface area contributed by atoms with Gasteiger partial charge in [-0.1, -0.05) is 0 Å². The van der Waals surface area contributed by atoms with E-state index in [0.717, 1.165) is 18.7 Å². The smallest absolute Gasteiger partial charge is 0.314 e. The summed E-state index contributed by atoms with van der Waals surface area (Å²) in [5, 5.41) is 5.19. The number of urea groups is 1. The molecule has 0 aromatic rings. The molecule has 0 spiro atoms. The quantitative estimate of drug-likeness (QED) is 0.596. The SMILES string of the molecule is CNC(=O)NCCCSC. The summed E-state index contributed by atoms with van der Waals surface area (Å²) < 4.78 is 0. The molecule has 0 saturated heterocycles. The van der Waals surface area contributed by atoms with Crippen molar-refractivity contribution in [3.63, 3.8) is 0 Å². The van der Waals surface area contributed by atoms with E-state index >= 15 is 0 Å². The Kier molecular flexibility index (Phi) is 6.48. The highest BCUT2D eigenvalue weighted by Crippen LogP contribution is 1.92. The van der Waals surface area contributed by atoms with Crippen molar-refractivity contribution in [2.24, 2.45) is 0 Å². The molecule has 0 aromatic heterocycles. The van der Waals surface area contributed by atoms with E-state index in [1.165, 1.54) is 0 Å². The topological polar surface area (TPSA) is 41.1 Å². The zero-order valence-electron chi connectivity index (χ0n) is 6.44. The van der Waals surface area contributed by atoms with Crippen LogP contribution in [0.5, 0.6) is 0 Å². The van der Waals surface area contributed by atoms with Crippen LogP contribution in [0.1, 0.15) is 6.42 Å². The predicted octanol–water partition coefficient (Wildman–Crippen LogP) is 0.668. The zero-order valence-corrected chi connectivity index (χ0v) is 7.25. The van der Waals surface area contributed by atoms with Gasteiger partial charge in [0.05, 0.1) is 0 Å². The van der Waals surface area contributed by atoms with Crippen LogP contribution in [0.25, 0.3) is 0 Å². The van der Waals surface area contributed by atoms with Crippen molar-refractivity contribution in [3.8, 4) is 0 Å². The molecule has 0 unspecified atom stereocenters. The summed E-state index contributed by atoms with van der Waals surface area (Å²) in [5.41, 5.74) is 0. The third kappa shape index (κ3) is 5.75. The lowest BCUT2D eigenvalue weighted by molar-refractivity contribution is 0.243. The van der Waals surface area contributed by atoms with Crippen LogP contribution in [0.3, 0.4) is 0 Å². The predicted molar refractivity (Wildman–Crippen MR) is 45.5 cm³/mol. The van der Waals surface area contributed by atoms with Gasteiger partial charge in [0.15, 0.2) is 0 Å². The van der Waals surface area contributed by atoms with Gasteiger partial charge in [-0.15, -0.1) is 0 Å². The lowest BCUT2D eigenvalue weighted by Gasteiger charge is -2.01. The largest absolute Gasteiger partial charge is 0.341 e. The Bertz CT molecular complexity index is 97.7. The van der Waals surface area contributed by atoms with E-state index in [4.69, 9.17) is 0 Å². The van der Waals surface area contributed by atoms with Gasteiger partial charge >= 0.3 is 6.03 Å². The molecule has 0 saturated carbocycles. The minimum atomic E-state index is -0.0962. The third-order valence-electron chi connectivity index (χ3n) is 1.04. The maximum absolute atomic E-state index is 10.5. The van der Waals surface area contributed by atoms with Crippen molar-refractivity contribution >= 4 is 17.8 Å². The van der Waals surface area contributed by atoms with Crippen molar-refractivity contribution < 1.29 is 4.79 Å². The first-order chi connectivity index (χ1) is 4.81. The Hall–Kier alpha value is -0.380. The molecule has 2 amide bonds. The van der Waals surface area contributed by atoms with Crippen LogP contribution in [0, 0.1) is 0 Å². The fourth-order valence-corrected chi connectivity index (χ4v) is 0.940. The molecule has 0 heterocycles. The van der Waals surface area contributed by atoms with Gasteiger partial charge in [-0.05, 0) is 18.4 Å². The van der Waals surface area contributed by atoms with E-state index in [-0.39, 0.29) is 6.03 Å². The Morgan fingerprint density at radius 1 is 1.60 bits per heavy atom. The number of amides is 2. The average Bonchev–Trinajstić information content (AvgIpc) is 1.98. The summed E-state index contributed by atoms with van der Waals surface area (Å²) in [6, 6.07) is -0.0962. The number of hydrogen-bond acceptors (Lipinski definition) is 2. The lowest BCUT2D eigenvalue weighted by atomic mass is 10.5. The molecular weight excluding hydrogens is 148 g/mol. The van der Waals surface area contributed by atoms with E-state index in [1.807, 2.05) is 0 Å². The molecular formula is C6H14N2OS. The molecule has 0 aromatic carbocycles. The van der Waals surface area contributed by atoms with E-state index in [1.54, 1.807) is 18.8 Å². The Labute approximate surface area is 65.9 Å². The Morgan fingerprint density at radius 3 is 2.80 bits per heavy atom. The van der Waals surface area contributed by atoms with Gasteiger partial charge in [-0.3, -0.25) is 0 Å². The second-order valence-corrected chi connectivity index (χ2v) is 2.84. The monoisotopic (exact) mass is 162 g/mol. The number of nitrogens with one attached hydrogen (secondary N) is 2.